The van der Waals surface area contributed by atoms with Crippen LogP contribution in [0.4, 0.5) is 13.2 Å². The topological polar surface area (TPSA) is 38.1 Å². The minimum atomic E-state index is -4.50. The van der Waals surface area contributed by atoms with Crippen molar-refractivity contribution < 1.29 is 18.0 Å². The fourth-order valence-corrected chi connectivity index (χ4v) is 3.38. The van der Waals surface area contributed by atoms with Gasteiger partial charge in [0.1, 0.15) is 5.82 Å². The minimum absolute atomic E-state index is 0.00962. The number of amides is 1. The lowest BCUT2D eigenvalue weighted by Gasteiger charge is -2.24. The zero-order valence-electron chi connectivity index (χ0n) is 17.0. The quantitative estimate of drug-likeness (QED) is 0.479. The molecule has 0 unspecified atom stereocenters. The van der Waals surface area contributed by atoms with E-state index in [0.29, 0.717) is 28.8 Å². The number of rotatable bonds is 6. The molecule has 0 aliphatic heterocycles. The Morgan fingerprint density at radius 3 is 2.60 bits per heavy atom. The van der Waals surface area contributed by atoms with E-state index in [1.807, 2.05) is 31.5 Å². The first-order valence-corrected chi connectivity index (χ1v) is 10.0. The fraction of sp³-hybridized carbons (Fsp3) is 0.364. The van der Waals surface area contributed by atoms with Crippen molar-refractivity contribution in [2.45, 2.75) is 33.0 Å². The Morgan fingerprint density at radius 2 is 1.93 bits per heavy atom. The average Bonchev–Trinajstić information content (AvgIpc) is 2.98. The third-order valence-corrected chi connectivity index (χ3v) is 5.20. The van der Waals surface area contributed by atoms with Crippen molar-refractivity contribution in [3.8, 4) is 0 Å². The molecule has 0 fully saturated rings. The van der Waals surface area contributed by atoms with Crippen LogP contribution in [-0.2, 0) is 19.8 Å². The summed E-state index contributed by atoms with van der Waals surface area (Å²) in [5.41, 5.74) is 0.741. The summed E-state index contributed by atoms with van der Waals surface area (Å²) in [6.07, 6.45) is -3.78. The normalized spacial score (nSPS) is 12.0. The Labute approximate surface area is 178 Å². The van der Waals surface area contributed by atoms with E-state index >= 15 is 0 Å². The molecule has 1 heterocycles. The molecule has 30 heavy (non-hydrogen) atoms. The molecule has 160 valence electrons. The zero-order valence-corrected chi connectivity index (χ0v) is 17.8. The van der Waals surface area contributed by atoms with Gasteiger partial charge in [-0.2, -0.15) is 13.2 Å². The molecular formula is C22H23ClF3N3O. The second kappa shape index (κ2) is 8.68. The van der Waals surface area contributed by atoms with Crippen LogP contribution in [0, 0.1) is 5.92 Å². The van der Waals surface area contributed by atoms with Gasteiger partial charge in [-0.05, 0) is 48.7 Å². The van der Waals surface area contributed by atoms with Crippen LogP contribution in [0.15, 0.2) is 42.5 Å². The molecular weight excluding hydrogens is 415 g/mol. The van der Waals surface area contributed by atoms with Gasteiger partial charge < -0.3 is 9.47 Å². The van der Waals surface area contributed by atoms with Crippen LogP contribution in [0.25, 0.3) is 11.0 Å². The van der Waals surface area contributed by atoms with E-state index < -0.39 is 17.6 Å². The van der Waals surface area contributed by atoms with Gasteiger partial charge in [0, 0.05) is 24.2 Å². The number of fused-ring (bicyclic) bond motifs is 1. The van der Waals surface area contributed by atoms with Gasteiger partial charge in [-0.1, -0.05) is 31.5 Å². The number of imidazole rings is 1. The molecule has 0 bridgehead atoms. The summed E-state index contributed by atoms with van der Waals surface area (Å²) in [5.74, 6) is 0.518. The first kappa shape index (κ1) is 22.2. The summed E-state index contributed by atoms with van der Waals surface area (Å²) < 4.78 is 41.1. The molecule has 0 aliphatic carbocycles. The highest BCUT2D eigenvalue weighted by Gasteiger charge is 2.31. The number of halogens is 4. The third-order valence-electron chi connectivity index (χ3n) is 4.97. The van der Waals surface area contributed by atoms with E-state index in [1.54, 1.807) is 17.0 Å². The first-order chi connectivity index (χ1) is 14.1. The largest absolute Gasteiger partial charge is 0.416 e. The van der Waals surface area contributed by atoms with Crippen LogP contribution in [0.1, 0.15) is 42.0 Å². The van der Waals surface area contributed by atoms with Crippen molar-refractivity contribution in [2.24, 2.45) is 13.0 Å². The van der Waals surface area contributed by atoms with E-state index in [1.165, 1.54) is 12.1 Å². The molecule has 0 atom stereocenters. The smallest absolute Gasteiger partial charge is 0.331 e. The molecule has 0 spiro atoms. The first-order valence-electron chi connectivity index (χ1n) is 9.63. The maximum absolute atomic E-state index is 13.1. The Balaban J connectivity index is 1.93. The molecule has 1 amide bonds. The molecule has 8 heteroatoms. The Kier molecular flexibility index (Phi) is 6.41. The van der Waals surface area contributed by atoms with Crippen LogP contribution in [-0.4, -0.2) is 26.9 Å². The second-order valence-corrected chi connectivity index (χ2v) is 8.14. The van der Waals surface area contributed by atoms with Gasteiger partial charge in [0.2, 0.25) is 0 Å². The Hall–Kier alpha value is -2.54. The lowest BCUT2D eigenvalue weighted by molar-refractivity contribution is -0.137. The van der Waals surface area contributed by atoms with Crippen LogP contribution < -0.4 is 0 Å². The predicted molar refractivity (Wildman–Crippen MR) is 111 cm³/mol. The van der Waals surface area contributed by atoms with E-state index in [4.69, 9.17) is 11.6 Å². The molecule has 2 aromatic carbocycles. The summed E-state index contributed by atoms with van der Waals surface area (Å²) in [7, 11) is 1.84. The van der Waals surface area contributed by atoms with Crippen LogP contribution >= 0.6 is 11.6 Å². The van der Waals surface area contributed by atoms with Gasteiger partial charge in [-0.25, -0.2) is 4.98 Å². The highest BCUT2D eigenvalue weighted by Crippen LogP contribution is 2.30. The molecule has 1 aromatic heterocycles. The molecule has 0 aliphatic rings. The summed E-state index contributed by atoms with van der Waals surface area (Å²) in [6, 6.07) is 9.89. The molecule has 3 aromatic rings. The summed E-state index contributed by atoms with van der Waals surface area (Å²) in [4.78, 5) is 19.3. The number of nitrogens with zero attached hydrogens (tertiary/aromatic N) is 3. The summed E-state index contributed by atoms with van der Waals surface area (Å²) in [6.45, 7) is 4.66. The number of aromatic nitrogens is 2. The van der Waals surface area contributed by atoms with Crippen molar-refractivity contribution in [1.29, 1.82) is 0 Å². The highest BCUT2D eigenvalue weighted by molar-refractivity contribution is 6.31. The van der Waals surface area contributed by atoms with Crippen LogP contribution in [0.2, 0.25) is 5.02 Å². The molecule has 0 saturated heterocycles. The lowest BCUT2D eigenvalue weighted by atomic mass is 10.1. The predicted octanol–water partition coefficient (Wildman–Crippen LogP) is 5.93. The number of hydrogen-bond acceptors (Lipinski definition) is 2. The maximum atomic E-state index is 13.1. The van der Waals surface area contributed by atoms with E-state index in [9.17, 15) is 18.0 Å². The molecule has 0 saturated carbocycles. The van der Waals surface area contributed by atoms with Gasteiger partial charge in [-0.15, -0.1) is 0 Å². The number of carbonyl (C=O) groups is 1. The fourth-order valence-electron chi connectivity index (χ4n) is 3.21. The van der Waals surface area contributed by atoms with Gasteiger partial charge in [0.05, 0.1) is 23.1 Å². The van der Waals surface area contributed by atoms with E-state index in [-0.39, 0.29) is 12.1 Å². The van der Waals surface area contributed by atoms with Crippen LogP contribution in [0.3, 0.4) is 0 Å². The Bertz CT molecular complexity index is 1060. The molecule has 0 radical (unpaired) electrons. The number of alkyl halides is 3. The Morgan fingerprint density at radius 1 is 1.20 bits per heavy atom. The zero-order chi connectivity index (χ0) is 22.1. The van der Waals surface area contributed by atoms with E-state index in [2.05, 4.69) is 4.98 Å². The lowest BCUT2D eigenvalue weighted by Crippen LogP contribution is -2.33. The van der Waals surface area contributed by atoms with Crippen molar-refractivity contribution in [3.63, 3.8) is 0 Å². The minimum Gasteiger partial charge on any atom is -0.331 e. The molecule has 4 nitrogen and oxygen atoms in total. The molecule has 0 N–H and O–H groups in total. The van der Waals surface area contributed by atoms with E-state index in [0.717, 1.165) is 24.1 Å². The number of aryl methyl sites for hydroxylation is 1. The third kappa shape index (κ3) is 4.95. The second-order valence-electron chi connectivity index (χ2n) is 7.71. The van der Waals surface area contributed by atoms with Gasteiger partial charge in [0.15, 0.2) is 0 Å². The number of hydrogen-bond donors (Lipinski definition) is 0. The van der Waals surface area contributed by atoms with Gasteiger partial charge in [-0.3, -0.25) is 4.79 Å². The summed E-state index contributed by atoms with van der Waals surface area (Å²) in [5, 5.41) is 0.559. The van der Waals surface area contributed by atoms with Crippen LogP contribution in [0.5, 0.6) is 0 Å². The van der Waals surface area contributed by atoms with Crippen molar-refractivity contribution >= 4 is 28.5 Å². The van der Waals surface area contributed by atoms with Gasteiger partial charge >= 0.3 is 6.18 Å². The SMILES string of the molecule is CC(C)CCN(Cc1nc2cc(Cl)ccc2n1C)C(=O)c1cccc(C(F)(F)F)c1. The number of carbonyl (C=O) groups excluding carboxylic acids is 1. The average molecular weight is 438 g/mol. The van der Waals surface area contributed by atoms with Crippen molar-refractivity contribution in [2.75, 3.05) is 6.54 Å². The monoisotopic (exact) mass is 437 g/mol. The molecule has 3 rings (SSSR count). The summed E-state index contributed by atoms with van der Waals surface area (Å²) >= 11 is 6.05. The highest BCUT2D eigenvalue weighted by atomic mass is 35.5. The standard InChI is InChI=1S/C22H23ClF3N3O/c1-14(2)9-10-29(21(30)15-5-4-6-16(11-15)22(24,25)26)13-20-27-18-12-17(23)7-8-19(18)28(20)3/h4-8,11-12,14H,9-10,13H2,1-3H3. The van der Waals surface area contributed by atoms with Gasteiger partial charge in [0.25, 0.3) is 5.91 Å². The van der Waals surface area contributed by atoms with Crippen molar-refractivity contribution in [1.82, 2.24) is 14.5 Å². The maximum Gasteiger partial charge on any atom is 0.416 e. The number of benzene rings is 2. The van der Waals surface area contributed by atoms with Crippen molar-refractivity contribution in [3.05, 3.63) is 64.4 Å².